The van der Waals surface area contributed by atoms with Gasteiger partial charge in [-0.1, -0.05) is 23.8 Å². The zero-order valence-corrected chi connectivity index (χ0v) is 10.1. The summed E-state index contributed by atoms with van der Waals surface area (Å²) in [7, 11) is 1.81. The van der Waals surface area contributed by atoms with Gasteiger partial charge in [-0.2, -0.15) is 0 Å². The van der Waals surface area contributed by atoms with Crippen LogP contribution >= 0.6 is 0 Å². The maximum atomic E-state index is 12.2. The van der Waals surface area contributed by atoms with Crippen LogP contribution in [0.1, 0.15) is 35.3 Å². The fraction of sp³-hybridized carbons (Fsp3) is 0.462. The quantitative estimate of drug-likeness (QED) is 0.768. The molecule has 1 rings (SSSR count). The Kier molecular flexibility index (Phi) is 3.30. The summed E-state index contributed by atoms with van der Waals surface area (Å²) >= 11 is 0. The lowest BCUT2D eigenvalue weighted by atomic mass is 9.90. The Morgan fingerprint density at radius 1 is 1.27 bits per heavy atom. The number of carbonyl (C=O) groups is 1. The first-order valence-corrected chi connectivity index (χ1v) is 5.19. The normalized spacial score (nSPS) is 11.5. The molecule has 0 unspecified atom stereocenters. The summed E-state index contributed by atoms with van der Waals surface area (Å²) in [5, 5.41) is 3.03. The van der Waals surface area contributed by atoms with Crippen LogP contribution in [-0.4, -0.2) is 18.4 Å². The van der Waals surface area contributed by atoms with Gasteiger partial charge in [0.2, 0.25) is 0 Å². The molecule has 2 heteroatoms. The molecular formula is C13H19NO. The molecule has 0 aliphatic carbocycles. The van der Waals surface area contributed by atoms with Crippen LogP contribution in [0.2, 0.25) is 0 Å². The van der Waals surface area contributed by atoms with Crippen LogP contribution in [0.25, 0.3) is 0 Å². The van der Waals surface area contributed by atoms with E-state index < -0.39 is 5.54 Å². The molecule has 0 aliphatic rings. The van der Waals surface area contributed by atoms with Gasteiger partial charge in [0.15, 0.2) is 5.78 Å². The largest absolute Gasteiger partial charge is 0.308 e. The Morgan fingerprint density at radius 3 is 2.33 bits per heavy atom. The third kappa shape index (κ3) is 2.45. The molecule has 0 fully saturated rings. The summed E-state index contributed by atoms with van der Waals surface area (Å²) in [5.74, 6) is 0.141. The van der Waals surface area contributed by atoms with E-state index in [0.29, 0.717) is 0 Å². The van der Waals surface area contributed by atoms with Crippen molar-refractivity contribution < 1.29 is 4.79 Å². The molecule has 15 heavy (non-hydrogen) atoms. The molecule has 0 saturated carbocycles. The van der Waals surface area contributed by atoms with Crippen LogP contribution in [0, 0.1) is 13.8 Å². The fourth-order valence-electron chi connectivity index (χ4n) is 1.52. The monoisotopic (exact) mass is 205 g/mol. The number of carbonyl (C=O) groups excluding carboxylic acids is 1. The van der Waals surface area contributed by atoms with Gasteiger partial charge in [0.1, 0.15) is 0 Å². The van der Waals surface area contributed by atoms with E-state index in [1.807, 2.05) is 45.9 Å². The molecule has 0 bridgehead atoms. The van der Waals surface area contributed by atoms with E-state index in [0.717, 1.165) is 11.1 Å². The molecule has 0 radical (unpaired) electrons. The number of benzene rings is 1. The molecule has 0 aromatic heterocycles. The summed E-state index contributed by atoms with van der Waals surface area (Å²) < 4.78 is 0. The minimum atomic E-state index is -0.500. The first kappa shape index (κ1) is 11.9. The van der Waals surface area contributed by atoms with Gasteiger partial charge in [0.05, 0.1) is 5.54 Å². The lowest BCUT2D eigenvalue weighted by Crippen LogP contribution is -2.44. The second kappa shape index (κ2) is 4.15. The third-order valence-corrected chi connectivity index (χ3v) is 2.82. The predicted molar refractivity (Wildman–Crippen MR) is 63.4 cm³/mol. The highest BCUT2D eigenvalue weighted by atomic mass is 16.1. The average Bonchev–Trinajstić information content (AvgIpc) is 2.17. The number of hydrogen-bond donors (Lipinski definition) is 1. The molecule has 0 aliphatic heterocycles. The number of Topliss-reactive ketones (excluding diaryl/α,β-unsaturated/α-hetero) is 1. The Bertz CT molecular complexity index is 380. The van der Waals surface area contributed by atoms with Crippen molar-refractivity contribution in [3.05, 3.63) is 34.9 Å². The number of rotatable bonds is 3. The second-order valence-corrected chi connectivity index (χ2v) is 4.52. The summed E-state index contributed by atoms with van der Waals surface area (Å²) in [4.78, 5) is 12.2. The van der Waals surface area contributed by atoms with Gasteiger partial charge in [-0.15, -0.1) is 0 Å². The number of likely N-dealkylation sites (N-methyl/N-ethyl adjacent to an activating group) is 1. The van der Waals surface area contributed by atoms with E-state index in [4.69, 9.17) is 0 Å². The van der Waals surface area contributed by atoms with Crippen molar-refractivity contribution in [1.82, 2.24) is 5.32 Å². The highest BCUT2D eigenvalue weighted by Crippen LogP contribution is 2.17. The van der Waals surface area contributed by atoms with Crippen LogP contribution in [-0.2, 0) is 0 Å². The van der Waals surface area contributed by atoms with Crippen molar-refractivity contribution >= 4 is 5.78 Å². The minimum Gasteiger partial charge on any atom is -0.308 e. The Hall–Kier alpha value is -1.15. The van der Waals surface area contributed by atoms with Crippen molar-refractivity contribution in [2.75, 3.05) is 7.05 Å². The van der Waals surface area contributed by atoms with E-state index in [-0.39, 0.29) is 5.78 Å². The number of hydrogen-bond acceptors (Lipinski definition) is 2. The van der Waals surface area contributed by atoms with Crippen molar-refractivity contribution in [3.8, 4) is 0 Å². The second-order valence-electron chi connectivity index (χ2n) is 4.52. The van der Waals surface area contributed by atoms with Gasteiger partial charge in [0, 0.05) is 5.56 Å². The van der Waals surface area contributed by atoms with Crippen molar-refractivity contribution in [2.45, 2.75) is 33.2 Å². The molecule has 0 saturated heterocycles. The van der Waals surface area contributed by atoms with Crippen molar-refractivity contribution in [2.24, 2.45) is 0 Å². The Labute approximate surface area is 91.7 Å². The predicted octanol–water partition coefficient (Wildman–Crippen LogP) is 2.48. The highest BCUT2D eigenvalue weighted by molar-refractivity contribution is 6.03. The van der Waals surface area contributed by atoms with E-state index in [2.05, 4.69) is 5.32 Å². The molecular weight excluding hydrogens is 186 g/mol. The van der Waals surface area contributed by atoms with Gasteiger partial charge in [0.25, 0.3) is 0 Å². The molecule has 0 heterocycles. The minimum absolute atomic E-state index is 0.141. The van der Waals surface area contributed by atoms with Crippen LogP contribution < -0.4 is 5.32 Å². The first-order valence-electron chi connectivity index (χ1n) is 5.19. The van der Waals surface area contributed by atoms with Gasteiger partial charge in [-0.25, -0.2) is 0 Å². The molecule has 0 spiro atoms. The Balaban J connectivity index is 3.12. The molecule has 1 N–H and O–H groups in total. The fourth-order valence-corrected chi connectivity index (χ4v) is 1.52. The smallest absolute Gasteiger partial charge is 0.182 e. The lowest BCUT2D eigenvalue weighted by Gasteiger charge is -2.23. The average molecular weight is 205 g/mol. The first-order chi connectivity index (χ1) is 6.88. The third-order valence-electron chi connectivity index (χ3n) is 2.82. The molecule has 0 amide bonds. The van der Waals surface area contributed by atoms with Crippen LogP contribution in [0.3, 0.4) is 0 Å². The molecule has 1 aromatic rings. The van der Waals surface area contributed by atoms with Crippen molar-refractivity contribution in [3.63, 3.8) is 0 Å². The summed E-state index contributed by atoms with van der Waals surface area (Å²) in [6, 6.07) is 5.93. The summed E-state index contributed by atoms with van der Waals surface area (Å²) in [6.07, 6.45) is 0. The van der Waals surface area contributed by atoms with Gasteiger partial charge >= 0.3 is 0 Å². The highest BCUT2D eigenvalue weighted by Gasteiger charge is 2.27. The SMILES string of the molecule is CNC(C)(C)C(=O)c1ccc(C)cc1C. The molecule has 2 nitrogen and oxygen atoms in total. The standard InChI is InChI=1S/C13H19NO/c1-9-6-7-11(10(2)8-9)12(15)13(3,4)14-5/h6-8,14H,1-5H3. The maximum Gasteiger partial charge on any atom is 0.182 e. The topological polar surface area (TPSA) is 29.1 Å². The zero-order valence-electron chi connectivity index (χ0n) is 10.1. The number of ketones is 1. The van der Waals surface area contributed by atoms with Crippen LogP contribution in [0.4, 0.5) is 0 Å². The molecule has 82 valence electrons. The van der Waals surface area contributed by atoms with E-state index in [9.17, 15) is 4.79 Å². The van der Waals surface area contributed by atoms with E-state index >= 15 is 0 Å². The maximum absolute atomic E-state index is 12.2. The van der Waals surface area contributed by atoms with Gasteiger partial charge in [-0.3, -0.25) is 4.79 Å². The van der Waals surface area contributed by atoms with Gasteiger partial charge in [-0.05, 0) is 40.3 Å². The van der Waals surface area contributed by atoms with Gasteiger partial charge < -0.3 is 5.32 Å². The summed E-state index contributed by atoms with van der Waals surface area (Å²) in [5.41, 5.74) is 2.54. The van der Waals surface area contributed by atoms with Crippen molar-refractivity contribution in [1.29, 1.82) is 0 Å². The molecule has 0 atom stereocenters. The van der Waals surface area contributed by atoms with E-state index in [1.54, 1.807) is 7.05 Å². The zero-order chi connectivity index (χ0) is 11.6. The van der Waals surface area contributed by atoms with Crippen LogP contribution in [0.5, 0.6) is 0 Å². The summed E-state index contributed by atoms with van der Waals surface area (Å²) in [6.45, 7) is 7.81. The number of aryl methyl sites for hydroxylation is 2. The molecule has 1 aromatic carbocycles. The Morgan fingerprint density at radius 2 is 1.87 bits per heavy atom. The van der Waals surface area contributed by atoms with E-state index in [1.165, 1.54) is 5.56 Å². The van der Waals surface area contributed by atoms with Crippen LogP contribution in [0.15, 0.2) is 18.2 Å². The number of nitrogens with one attached hydrogen (secondary N) is 1. The lowest BCUT2D eigenvalue weighted by molar-refractivity contribution is 0.0889.